The molecular weight excluding hydrogens is 552 g/mol. The van der Waals surface area contributed by atoms with Crippen LogP contribution in [-0.4, -0.2) is 40.4 Å². The van der Waals surface area contributed by atoms with E-state index in [0.29, 0.717) is 40.3 Å². The van der Waals surface area contributed by atoms with Crippen LogP contribution in [-0.2, 0) is 0 Å². The highest BCUT2D eigenvalue weighted by molar-refractivity contribution is 9.10. The number of anilines is 1. The van der Waals surface area contributed by atoms with Gasteiger partial charge in [-0.15, -0.1) is 0 Å². The van der Waals surface area contributed by atoms with Gasteiger partial charge in [0.05, 0.1) is 19.5 Å². The summed E-state index contributed by atoms with van der Waals surface area (Å²) in [5.74, 6) is 7.15. The fourth-order valence-corrected chi connectivity index (χ4v) is 4.22. The van der Waals surface area contributed by atoms with E-state index in [1.807, 2.05) is 7.05 Å². The first-order valence-electron chi connectivity index (χ1n) is 10.8. The lowest BCUT2D eigenvalue weighted by atomic mass is 10.00. The third-order valence-electron chi connectivity index (χ3n) is 5.08. The number of aldehydes is 1. The first-order valence-corrected chi connectivity index (χ1v) is 12.4. The molecule has 0 aliphatic heterocycles. The number of thiazole rings is 1. The maximum atomic E-state index is 12.8. The number of ether oxygens (including phenoxy) is 1. The highest BCUT2D eigenvalue weighted by Gasteiger charge is 2.18. The molecule has 0 amide bonds. The Labute approximate surface area is 218 Å². The molecule has 0 saturated heterocycles. The Morgan fingerprint density at radius 1 is 1.19 bits per heavy atom. The van der Waals surface area contributed by atoms with Gasteiger partial charge in [-0.3, -0.25) is 9.78 Å². The van der Waals surface area contributed by atoms with E-state index in [2.05, 4.69) is 53.0 Å². The van der Waals surface area contributed by atoms with Crippen molar-refractivity contribution < 1.29 is 18.3 Å². The molecular formula is C25H20BrF2N5O2S. The van der Waals surface area contributed by atoms with Gasteiger partial charge in [0.1, 0.15) is 17.1 Å². The predicted molar refractivity (Wildman–Crippen MR) is 139 cm³/mol. The second kappa shape index (κ2) is 11.5. The van der Waals surface area contributed by atoms with Crippen molar-refractivity contribution >= 4 is 49.2 Å². The van der Waals surface area contributed by atoms with E-state index in [1.54, 1.807) is 24.4 Å². The van der Waals surface area contributed by atoms with E-state index >= 15 is 0 Å². The number of hydrogen-bond acceptors (Lipinski definition) is 8. The molecule has 184 valence electrons. The lowest BCUT2D eigenvalue weighted by molar-refractivity contribution is 0.112. The highest BCUT2D eigenvalue weighted by Crippen LogP contribution is 2.35. The van der Waals surface area contributed by atoms with Crippen LogP contribution in [0, 0.1) is 17.8 Å². The van der Waals surface area contributed by atoms with Crippen molar-refractivity contribution in [3.05, 3.63) is 58.1 Å². The zero-order valence-electron chi connectivity index (χ0n) is 19.3. The molecule has 1 aliphatic carbocycles. The molecule has 0 atom stereocenters. The number of methoxy groups -OCH3 is 1. The Kier molecular flexibility index (Phi) is 8.18. The molecule has 0 bridgehead atoms. The number of carbonyl (C=O) groups excluding carboxylic acids is 1. The Morgan fingerprint density at radius 2 is 2.00 bits per heavy atom. The van der Waals surface area contributed by atoms with Crippen LogP contribution in [0.2, 0.25) is 0 Å². The Bertz CT molecular complexity index is 1460. The SMILES string of the molecule is CNc1nc2ncc(C#CC3CC3)nc2s1.COc1cnc(C(F)F)cc1-c1cc(Br)ccc1C=O. The number of halogens is 3. The fraction of sp³-hybridized carbons (Fsp3) is 0.240. The van der Waals surface area contributed by atoms with Crippen molar-refractivity contribution in [1.29, 1.82) is 0 Å². The van der Waals surface area contributed by atoms with Gasteiger partial charge in [-0.25, -0.2) is 18.7 Å². The number of nitrogens with zero attached hydrogens (tertiary/aromatic N) is 4. The monoisotopic (exact) mass is 571 g/mol. The van der Waals surface area contributed by atoms with Crippen LogP contribution in [0.4, 0.5) is 13.9 Å². The van der Waals surface area contributed by atoms with Gasteiger partial charge >= 0.3 is 0 Å². The highest BCUT2D eigenvalue weighted by atomic mass is 79.9. The third-order valence-corrected chi connectivity index (χ3v) is 6.53. The molecule has 0 radical (unpaired) electrons. The second-order valence-electron chi connectivity index (χ2n) is 7.66. The van der Waals surface area contributed by atoms with Crippen LogP contribution >= 0.6 is 27.3 Å². The molecule has 3 heterocycles. The number of hydrogen-bond donors (Lipinski definition) is 1. The smallest absolute Gasteiger partial charge is 0.280 e. The van der Waals surface area contributed by atoms with Crippen molar-refractivity contribution in [3.63, 3.8) is 0 Å². The quantitative estimate of drug-likeness (QED) is 0.226. The number of aromatic nitrogens is 4. The van der Waals surface area contributed by atoms with E-state index in [-0.39, 0.29) is 5.69 Å². The summed E-state index contributed by atoms with van der Waals surface area (Å²) in [5, 5.41) is 3.82. The maximum Gasteiger partial charge on any atom is 0.280 e. The van der Waals surface area contributed by atoms with Crippen LogP contribution in [0.1, 0.15) is 41.0 Å². The minimum atomic E-state index is -2.69. The largest absolute Gasteiger partial charge is 0.494 e. The topological polar surface area (TPSA) is 89.9 Å². The van der Waals surface area contributed by atoms with Crippen LogP contribution in [0.3, 0.4) is 0 Å². The van der Waals surface area contributed by atoms with Gasteiger partial charge in [0.2, 0.25) is 0 Å². The summed E-state index contributed by atoms with van der Waals surface area (Å²) in [6, 6.07) is 6.22. The molecule has 1 fully saturated rings. The van der Waals surface area contributed by atoms with Crippen molar-refractivity contribution in [3.8, 4) is 28.7 Å². The summed E-state index contributed by atoms with van der Waals surface area (Å²) < 4.78 is 31.4. The van der Waals surface area contributed by atoms with Crippen molar-refractivity contribution in [2.24, 2.45) is 5.92 Å². The molecule has 4 aromatic rings. The first-order chi connectivity index (χ1) is 17.4. The molecule has 1 N–H and O–H groups in total. The van der Waals surface area contributed by atoms with Crippen LogP contribution in [0.5, 0.6) is 5.75 Å². The lowest BCUT2D eigenvalue weighted by Gasteiger charge is -2.12. The number of pyridine rings is 1. The van der Waals surface area contributed by atoms with Crippen LogP contribution in [0.25, 0.3) is 21.6 Å². The molecule has 11 heteroatoms. The predicted octanol–water partition coefficient (Wildman–Crippen LogP) is 6.16. The van der Waals surface area contributed by atoms with Gasteiger partial charge in [-0.1, -0.05) is 33.2 Å². The molecule has 1 aromatic carbocycles. The Hall–Kier alpha value is -3.49. The fourth-order valence-electron chi connectivity index (χ4n) is 3.11. The second-order valence-corrected chi connectivity index (χ2v) is 9.55. The van der Waals surface area contributed by atoms with E-state index in [9.17, 15) is 13.6 Å². The molecule has 36 heavy (non-hydrogen) atoms. The first kappa shape index (κ1) is 25.6. The Morgan fingerprint density at radius 3 is 2.67 bits per heavy atom. The number of fused-ring (bicyclic) bond motifs is 1. The van der Waals surface area contributed by atoms with Gasteiger partial charge in [-0.05, 0) is 48.6 Å². The summed E-state index contributed by atoms with van der Waals surface area (Å²) >= 11 is 4.79. The number of rotatable bonds is 5. The number of nitrogens with one attached hydrogen (secondary N) is 1. The summed E-state index contributed by atoms with van der Waals surface area (Å²) in [6.07, 6.45) is 3.36. The average Bonchev–Trinajstić information content (AvgIpc) is 3.64. The van der Waals surface area contributed by atoms with E-state index in [4.69, 9.17) is 4.74 Å². The number of alkyl halides is 2. The van der Waals surface area contributed by atoms with E-state index < -0.39 is 6.43 Å². The zero-order chi connectivity index (χ0) is 25.7. The maximum absolute atomic E-state index is 12.8. The molecule has 0 spiro atoms. The zero-order valence-corrected chi connectivity index (χ0v) is 21.7. The molecule has 0 unspecified atom stereocenters. The average molecular weight is 572 g/mol. The molecule has 7 nitrogen and oxygen atoms in total. The summed E-state index contributed by atoms with van der Waals surface area (Å²) in [4.78, 5) is 28.5. The lowest BCUT2D eigenvalue weighted by Crippen LogP contribution is -1.97. The van der Waals surface area contributed by atoms with Crippen molar-refractivity contribution in [2.75, 3.05) is 19.5 Å². The molecule has 3 aromatic heterocycles. The van der Waals surface area contributed by atoms with Gasteiger partial charge < -0.3 is 10.1 Å². The van der Waals surface area contributed by atoms with Gasteiger partial charge in [-0.2, -0.15) is 4.98 Å². The Balaban J connectivity index is 0.000000173. The van der Waals surface area contributed by atoms with E-state index in [1.165, 1.54) is 43.6 Å². The summed E-state index contributed by atoms with van der Waals surface area (Å²) in [7, 11) is 3.26. The standard InChI is InChI=1S/C14H10BrF2NO2.C11H10N4S/c1-20-13-6-18-12(14(16)17)5-11(13)10-4-9(15)3-2-8(10)7-19;1-12-11-15-9-10(16-11)14-8(6-13-9)5-4-7-2-3-7/h2-7,14H,1H3;6-7H,2-3H2,1H3,(H,12,13,15). The van der Waals surface area contributed by atoms with Crippen LogP contribution < -0.4 is 10.1 Å². The van der Waals surface area contributed by atoms with Crippen LogP contribution in [0.15, 0.2) is 41.1 Å². The molecule has 1 aliphatic rings. The van der Waals surface area contributed by atoms with E-state index in [0.717, 1.165) is 20.1 Å². The van der Waals surface area contributed by atoms with Gasteiger partial charge in [0, 0.05) is 28.6 Å². The van der Waals surface area contributed by atoms with Crippen molar-refractivity contribution in [1.82, 2.24) is 19.9 Å². The molecule has 1 saturated carbocycles. The van der Waals surface area contributed by atoms with Gasteiger partial charge in [0.25, 0.3) is 6.43 Å². The van der Waals surface area contributed by atoms with Gasteiger partial charge in [0.15, 0.2) is 21.9 Å². The minimum Gasteiger partial charge on any atom is -0.494 e. The summed E-state index contributed by atoms with van der Waals surface area (Å²) in [6.45, 7) is 0. The number of carbonyl (C=O) groups is 1. The summed E-state index contributed by atoms with van der Waals surface area (Å²) in [5.41, 5.74) is 2.37. The number of benzene rings is 1. The normalized spacial score (nSPS) is 12.4. The third kappa shape index (κ3) is 6.19. The minimum absolute atomic E-state index is 0.329. The van der Waals surface area contributed by atoms with Crippen molar-refractivity contribution in [2.45, 2.75) is 19.3 Å². The molecule has 5 rings (SSSR count).